The van der Waals surface area contributed by atoms with Gasteiger partial charge in [-0.15, -0.1) is 0 Å². The SMILES string of the molecule is COc1ccc2c(c1)CC(NC(=O)N1C[C@@H]3C[C@H]1CO3)Cn1c-2c(C2CCCCC2)c2ccc(C(=O)NS(=O)(=O)N(C)C)cc21. The molecule has 2 saturated heterocycles. The van der Waals surface area contributed by atoms with Gasteiger partial charge in [0, 0.05) is 49.2 Å². The van der Waals surface area contributed by atoms with E-state index in [1.54, 1.807) is 19.2 Å². The molecule has 3 atom stereocenters. The van der Waals surface area contributed by atoms with Crippen LogP contribution in [-0.4, -0.2) is 86.7 Å². The topological polar surface area (TPSA) is 122 Å². The minimum absolute atomic E-state index is 0.0818. The van der Waals surface area contributed by atoms with Gasteiger partial charge in [0.25, 0.3) is 5.91 Å². The highest BCUT2D eigenvalue weighted by Gasteiger charge is 2.42. The fraction of sp³-hybridized carbons (Fsp3) is 0.515. The molecular weight excluding hydrogens is 594 g/mol. The molecule has 3 aromatic rings. The lowest BCUT2D eigenvalue weighted by molar-refractivity contribution is 0.0439. The van der Waals surface area contributed by atoms with Gasteiger partial charge in [0.1, 0.15) is 5.75 Å². The van der Waals surface area contributed by atoms with Gasteiger partial charge in [-0.2, -0.15) is 12.7 Å². The summed E-state index contributed by atoms with van der Waals surface area (Å²) >= 11 is 0. The van der Waals surface area contributed by atoms with Crippen molar-refractivity contribution in [2.45, 2.75) is 75.6 Å². The Morgan fingerprint density at radius 2 is 1.84 bits per heavy atom. The fourth-order valence-corrected chi connectivity index (χ4v) is 8.25. The van der Waals surface area contributed by atoms with Gasteiger partial charge in [0.05, 0.1) is 37.6 Å². The predicted molar refractivity (Wildman–Crippen MR) is 171 cm³/mol. The second-order valence-corrected chi connectivity index (χ2v) is 14.9. The highest BCUT2D eigenvalue weighted by atomic mass is 32.2. The molecule has 1 saturated carbocycles. The van der Waals surface area contributed by atoms with Crippen LogP contribution in [0.4, 0.5) is 4.79 Å². The number of hydrogen-bond donors (Lipinski definition) is 2. The first-order valence-corrected chi connectivity index (χ1v) is 17.3. The third kappa shape index (κ3) is 5.46. The van der Waals surface area contributed by atoms with E-state index in [0.717, 1.165) is 69.9 Å². The molecule has 1 aromatic heterocycles. The summed E-state index contributed by atoms with van der Waals surface area (Å²) in [5.74, 6) is 0.431. The molecule has 0 spiro atoms. The number of carbonyl (C=O) groups excluding carboxylic acids is 2. The zero-order valence-corrected chi connectivity index (χ0v) is 26.9. The van der Waals surface area contributed by atoms with E-state index in [9.17, 15) is 18.0 Å². The molecule has 4 aliphatic rings. The minimum atomic E-state index is -3.96. The summed E-state index contributed by atoms with van der Waals surface area (Å²) in [6.07, 6.45) is 7.32. The van der Waals surface area contributed by atoms with Gasteiger partial charge in [0.2, 0.25) is 0 Å². The number of ether oxygens (including phenoxy) is 2. The standard InChI is InChI=1S/C33H41N5O6S/c1-36(2)45(41,42)35-32(39)21-9-11-28-29(15-21)38-17-23(34-33(40)37-18-26-16-24(37)19-44-26)13-22-14-25(43-3)10-12-27(22)31(38)30(28)20-7-5-4-6-8-20/h9-12,14-15,20,23-24,26H,4-8,13,16-19H2,1-3H3,(H,34,40)(H,35,39)/t23?,24-,26-/m0/s1. The normalized spacial score (nSPS) is 23.1. The van der Waals surface area contributed by atoms with E-state index in [4.69, 9.17) is 9.47 Å². The van der Waals surface area contributed by atoms with E-state index in [1.807, 2.05) is 17.0 Å². The molecule has 11 nitrogen and oxygen atoms in total. The largest absolute Gasteiger partial charge is 0.497 e. The van der Waals surface area contributed by atoms with Crippen LogP contribution in [0.2, 0.25) is 0 Å². The molecule has 3 amide bonds. The molecule has 3 aliphatic heterocycles. The Balaban J connectivity index is 1.36. The van der Waals surface area contributed by atoms with E-state index in [1.165, 1.54) is 26.1 Å². The van der Waals surface area contributed by atoms with Gasteiger partial charge in [-0.1, -0.05) is 25.3 Å². The van der Waals surface area contributed by atoms with Crippen LogP contribution in [0.25, 0.3) is 22.2 Å². The van der Waals surface area contributed by atoms with Crippen LogP contribution in [0.1, 0.15) is 65.9 Å². The number of benzene rings is 2. The van der Waals surface area contributed by atoms with Crippen LogP contribution in [0, 0.1) is 0 Å². The number of nitrogens with one attached hydrogen (secondary N) is 2. The molecule has 1 unspecified atom stereocenters. The van der Waals surface area contributed by atoms with Crippen LogP contribution >= 0.6 is 0 Å². The van der Waals surface area contributed by atoms with Crippen molar-refractivity contribution in [3.05, 3.63) is 53.1 Å². The smallest absolute Gasteiger partial charge is 0.318 e. The van der Waals surface area contributed by atoms with Gasteiger partial charge in [0.15, 0.2) is 0 Å². The first kappa shape index (κ1) is 30.1. The molecule has 1 aliphatic carbocycles. The number of carbonyl (C=O) groups is 2. The zero-order valence-electron chi connectivity index (χ0n) is 26.0. The van der Waals surface area contributed by atoms with Gasteiger partial charge in [-0.3, -0.25) is 4.79 Å². The summed E-state index contributed by atoms with van der Waals surface area (Å²) in [4.78, 5) is 28.8. The monoisotopic (exact) mass is 635 g/mol. The zero-order chi connectivity index (χ0) is 31.5. The summed E-state index contributed by atoms with van der Waals surface area (Å²) < 4.78 is 41.7. The Kier molecular flexibility index (Phi) is 7.77. The number of urea groups is 1. The number of fused-ring (bicyclic) bond motifs is 7. The maximum absolute atomic E-state index is 13.6. The number of methoxy groups -OCH3 is 1. The van der Waals surface area contributed by atoms with Crippen molar-refractivity contribution in [1.29, 1.82) is 0 Å². The Hall–Kier alpha value is -3.61. The van der Waals surface area contributed by atoms with Crippen LogP contribution in [0.3, 0.4) is 0 Å². The predicted octanol–water partition coefficient (Wildman–Crippen LogP) is 4.01. The highest BCUT2D eigenvalue weighted by molar-refractivity contribution is 7.87. The second kappa shape index (κ2) is 11.6. The average molecular weight is 636 g/mol. The van der Waals surface area contributed by atoms with Gasteiger partial charge in [-0.25, -0.2) is 9.52 Å². The lowest BCUT2D eigenvalue weighted by Gasteiger charge is -2.29. The maximum Gasteiger partial charge on any atom is 0.318 e. The fourth-order valence-electron chi connectivity index (χ4n) is 7.72. The summed E-state index contributed by atoms with van der Waals surface area (Å²) in [6.45, 7) is 1.68. The Bertz CT molecular complexity index is 1760. The van der Waals surface area contributed by atoms with Crippen molar-refractivity contribution in [3.63, 3.8) is 0 Å². The van der Waals surface area contributed by atoms with Crippen molar-refractivity contribution >= 4 is 33.1 Å². The van der Waals surface area contributed by atoms with Gasteiger partial charge >= 0.3 is 16.2 Å². The number of morpholine rings is 1. The van der Waals surface area contributed by atoms with E-state index in [2.05, 4.69) is 26.7 Å². The lowest BCUT2D eigenvalue weighted by atomic mass is 9.81. The molecular formula is C33H41N5O6S. The van der Waals surface area contributed by atoms with Crippen molar-refractivity contribution in [2.24, 2.45) is 0 Å². The third-order valence-corrected chi connectivity index (χ3v) is 11.4. The van der Waals surface area contributed by atoms with Crippen LogP contribution in [-0.2, 0) is 27.9 Å². The van der Waals surface area contributed by atoms with E-state index in [0.29, 0.717) is 32.0 Å². The van der Waals surface area contributed by atoms with Crippen LogP contribution < -0.4 is 14.8 Å². The van der Waals surface area contributed by atoms with Gasteiger partial charge in [-0.05, 0) is 73.1 Å². The Morgan fingerprint density at radius 3 is 2.53 bits per heavy atom. The maximum atomic E-state index is 13.6. The second-order valence-electron chi connectivity index (χ2n) is 13.0. The van der Waals surface area contributed by atoms with Gasteiger partial charge < -0.3 is 24.3 Å². The number of amides is 3. The number of aromatic nitrogens is 1. The molecule has 12 heteroatoms. The Morgan fingerprint density at radius 1 is 1.04 bits per heavy atom. The molecule has 7 rings (SSSR count). The molecule has 4 heterocycles. The molecule has 45 heavy (non-hydrogen) atoms. The first-order valence-electron chi connectivity index (χ1n) is 15.9. The average Bonchev–Trinajstić information content (AvgIpc) is 3.72. The lowest BCUT2D eigenvalue weighted by Crippen LogP contribution is -2.51. The summed E-state index contributed by atoms with van der Waals surface area (Å²) in [7, 11) is 0.458. The van der Waals surface area contributed by atoms with E-state index < -0.39 is 16.1 Å². The molecule has 0 radical (unpaired) electrons. The van der Waals surface area contributed by atoms with Crippen molar-refractivity contribution < 1.29 is 27.5 Å². The summed E-state index contributed by atoms with van der Waals surface area (Å²) in [5.41, 5.74) is 5.69. The number of nitrogens with zero attached hydrogens (tertiary/aromatic N) is 3. The molecule has 240 valence electrons. The molecule has 3 fully saturated rings. The molecule has 2 bridgehead atoms. The number of rotatable bonds is 6. The Labute approximate surface area is 264 Å². The number of likely N-dealkylation sites (tertiary alicyclic amines) is 1. The molecule has 2 aromatic carbocycles. The third-order valence-electron chi connectivity index (χ3n) is 10.0. The van der Waals surface area contributed by atoms with Crippen LogP contribution in [0.15, 0.2) is 36.4 Å². The van der Waals surface area contributed by atoms with Crippen molar-refractivity contribution in [2.75, 3.05) is 34.4 Å². The number of hydrogen-bond acceptors (Lipinski definition) is 6. The first-order chi connectivity index (χ1) is 21.6. The quantitative estimate of drug-likeness (QED) is 0.422. The summed E-state index contributed by atoms with van der Waals surface area (Å²) in [6, 6.07) is 11.4. The molecule has 2 N–H and O–H groups in total. The highest BCUT2D eigenvalue weighted by Crippen LogP contribution is 2.46. The van der Waals surface area contributed by atoms with Crippen LogP contribution in [0.5, 0.6) is 5.75 Å². The van der Waals surface area contributed by atoms with E-state index >= 15 is 0 Å². The minimum Gasteiger partial charge on any atom is -0.497 e. The summed E-state index contributed by atoms with van der Waals surface area (Å²) in [5, 5.41) is 4.41. The van der Waals surface area contributed by atoms with Crippen molar-refractivity contribution in [1.82, 2.24) is 23.8 Å². The van der Waals surface area contributed by atoms with Crippen molar-refractivity contribution in [3.8, 4) is 17.0 Å². The van der Waals surface area contributed by atoms with E-state index in [-0.39, 0.29) is 29.8 Å².